The molecule has 0 aliphatic carbocycles. The maximum atomic E-state index is 5.38. The zero-order chi connectivity index (χ0) is 9.97. The molecule has 14 heavy (non-hydrogen) atoms. The predicted octanol–water partition coefficient (Wildman–Crippen LogP) is 0.370. The summed E-state index contributed by atoms with van der Waals surface area (Å²) >= 11 is 0. The van der Waals surface area contributed by atoms with Crippen molar-refractivity contribution in [3.63, 3.8) is 0 Å². The first-order chi connectivity index (χ1) is 6.78. The number of nitrogens with zero attached hydrogens (tertiary/aromatic N) is 3. The zero-order valence-electron chi connectivity index (χ0n) is 8.44. The van der Waals surface area contributed by atoms with E-state index in [0.29, 0.717) is 12.4 Å². The minimum Gasteiger partial charge on any atom is -0.338 e. The molecule has 1 atom stereocenters. The number of aromatic nitrogens is 2. The molecule has 1 saturated heterocycles. The van der Waals surface area contributed by atoms with E-state index in [0.717, 1.165) is 31.4 Å². The molecule has 0 saturated carbocycles. The van der Waals surface area contributed by atoms with Gasteiger partial charge in [-0.1, -0.05) is 12.1 Å². The Morgan fingerprint density at radius 1 is 1.64 bits per heavy atom. The van der Waals surface area contributed by atoms with Gasteiger partial charge in [-0.25, -0.2) is 0 Å². The second-order valence-electron chi connectivity index (χ2n) is 3.94. The van der Waals surface area contributed by atoms with Crippen LogP contribution in [0.25, 0.3) is 0 Å². The number of rotatable bonds is 3. The van der Waals surface area contributed by atoms with Gasteiger partial charge in [0.25, 0.3) is 0 Å². The average Bonchev–Trinajstić information content (AvgIpc) is 2.76. The van der Waals surface area contributed by atoms with Gasteiger partial charge in [-0.2, -0.15) is 4.98 Å². The zero-order valence-corrected chi connectivity index (χ0v) is 8.44. The van der Waals surface area contributed by atoms with Crippen molar-refractivity contribution in [2.75, 3.05) is 13.1 Å². The van der Waals surface area contributed by atoms with E-state index < -0.39 is 0 Å². The van der Waals surface area contributed by atoms with Crippen LogP contribution in [0.5, 0.6) is 0 Å². The molecule has 1 aromatic rings. The molecule has 1 aliphatic rings. The van der Waals surface area contributed by atoms with Gasteiger partial charge in [-0.15, -0.1) is 0 Å². The van der Waals surface area contributed by atoms with Gasteiger partial charge < -0.3 is 10.3 Å². The monoisotopic (exact) mass is 196 g/mol. The Balaban J connectivity index is 1.90. The van der Waals surface area contributed by atoms with Gasteiger partial charge >= 0.3 is 0 Å². The van der Waals surface area contributed by atoms with Gasteiger partial charge in [0, 0.05) is 6.54 Å². The van der Waals surface area contributed by atoms with Crippen molar-refractivity contribution < 1.29 is 4.52 Å². The molecule has 1 aromatic heterocycles. The molecule has 0 bridgehead atoms. The van der Waals surface area contributed by atoms with Crippen LogP contribution in [0, 0.1) is 5.92 Å². The standard InChI is InChI=1S/C9H16N4O/c1-7-2-3-13(5-7)6-8-11-9(4-10)14-12-8/h7H,2-6,10H2,1H3. The smallest absolute Gasteiger partial charge is 0.240 e. The Bertz CT molecular complexity index is 299. The van der Waals surface area contributed by atoms with Crippen LogP contribution in [0.2, 0.25) is 0 Å². The second kappa shape index (κ2) is 4.06. The fourth-order valence-electron chi connectivity index (χ4n) is 1.81. The largest absolute Gasteiger partial charge is 0.338 e. The lowest BCUT2D eigenvalue weighted by atomic mass is 10.2. The van der Waals surface area contributed by atoms with Crippen molar-refractivity contribution in [3.05, 3.63) is 11.7 Å². The highest BCUT2D eigenvalue weighted by atomic mass is 16.5. The molecule has 2 heterocycles. The third-order valence-electron chi connectivity index (χ3n) is 2.56. The highest BCUT2D eigenvalue weighted by Crippen LogP contribution is 2.16. The van der Waals surface area contributed by atoms with Crippen LogP contribution < -0.4 is 5.73 Å². The Labute approximate surface area is 83.3 Å². The molecule has 0 spiro atoms. The Morgan fingerprint density at radius 2 is 2.50 bits per heavy atom. The lowest BCUT2D eigenvalue weighted by Gasteiger charge is -2.11. The molecule has 2 N–H and O–H groups in total. The summed E-state index contributed by atoms with van der Waals surface area (Å²) in [7, 11) is 0. The normalized spacial score (nSPS) is 23.1. The first-order valence-corrected chi connectivity index (χ1v) is 5.02. The Morgan fingerprint density at radius 3 is 3.07 bits per heavy atom. The van der Waals surface area contributed by atoms with E-state index in [9.17, 15) is 0 Å². The van der Waals surface area contributed by atoms with E-state index in [-0.39, 0.29) is 0 Å². The minimum atomic E-state index is 0.323. The summed E-state index contributed by atoms with van der Waals surface area (Å²) in [4.78, 5) is 6.52. The lowest BCUT2D eigenvalue weighted by molar-refractivity contribution is 0.301. The number of hydrogen-bond donors (Lipinski definition) is 1. The topological polar surface area (TPSA) is 68.2 Å². The SMILES string of the molecule is CC1CCN(Cc2noc(CN)n2)C1. The maximum Gasteiger partial charge on any atom is 0.240 e. The number of hydrogen-bond acceptors (Lipinski definition) is 5. The van der Waals surface area contributed by atoms with Crippen molar-refractivity contribution in [2.24, 2.45) is 11.7 Å². The first kappa shape index (κ1) is 9.61. The molecule has 0 amide bonds. The molecule has 0 aromatic carbocycles. The van der Waals surface area contributed by atoms with Crippen molar-refractivity contribution in [3.8, 4) is 0 Å². The van der Waals surface area contributed by atoms with Crippen LogP contribution in [0.1, 0.15) is 25.1 Å². The number of likely N-dealkylation sites (tertiary alicyclic amines) is 1. The van der Waals surface area contributed by atoms with E-state index >= 15 is 0 Å². The van der Waals surface area contributed by atoms with Crippen molar-refractivity contribution in [1.82, 2.24) is 15.0 Å². The van der Waals surface area contributed by atoms with E-state index in [1.807, 2.05) is 0 Å². The summed E-state index contributed by atoms with van der Waals surface area (Å²) in [6, 6.07) is 0. The van der Waals surface area contributed by atoms with Gasteiger partial charge in [0.05, 0.1) is 13.1 Å². The molecule has 1 fully saturated rings. The van der Waals surface area contributed by atoms with Crippen LogP contribution in [-0.2, 0) is 13.1 Å². The Kier molecular flexibility index (Phi) is 2.79. The molecular weight excluding hydrogens is 180 g/mol. The Hall–Kier alpha value is -0.940. The summed E-state index contributed by atoms with van der Waals surface area (Å²) in [6.07, 6.45) is 1.27. The van der Waals surface area contributed by atoms with E-state index in [4.69, 9.17) is 10.3 Å². The van der Waals surface area contributed by atoms with Gasteiger partial charge in [-0.05, 0) is 18.9 Å². The number of nitrogens with two attached hydrogens (primary N) is 1. The molecule has 78 valence electrons. The molecule has 5 nitrogen and oxygen atoms in total. The fourth-order valence-corrected chi connectivity index (χ4v) is 1.81. The van der Waals surface area contributed by atoms with E-state index in [1.54, 1.807) is 0 Å². The molecule has 5 heteroatoms. The molecule has 2 rings (SSSR count). The van der Waals surface area contributed by atoms with E-state index in [2.05, 4.69) is 22.0 Å². The van der Waals surface area contributed by atoms with Crippen molar-refractivity contribution in [2.45, 2.75) is 26.4 Å². The maximum absolute atomic E-state index is 5.38. The summed E-state index contributed by atoms with van der Waals surface area (Å²) < 4.78 is 4.94. The summed E-state index contributed by atoms with van der Waals surface area (Å²) in [5.41, 5.74) is 5.38. The highest BCUT2D eigenvalue weighted by molar-refractivity contribution is 4.87. The average molecular weight is 196 g/mol. The highest BCUT2D eigenvalue weighted by Gasteiger charge is 2.20. The molecule has 1 unspecified atom stereocenters. The van der Waals surface area contributed by atoms with Crippen LogP contribution in [0.3, 0.4) is 0 Å². The third kappa shape index (κ3) is 2.10. The van der Waals surface area contributed by atoms with Gasteiger partial charge in [-0.3, -0.25) is 4.90 Å². The van der Waals surface area contributed by atoms with Gasteiger partial charge in [0.2, 0.25) is 5.89 Å². The van der Waals surface area contributed by atoms with Crippen molar-refractivity contribution >= 4 is 0 Å². The van der Waals surface area contributed by atoms with E-state index in [1.165, 1.54) is 6.42 Å². The fraction of sp³-hybridized carbons (Fsp3) is 0.778. The van der Waals surface area contributed by atoms with Crippen LogP contribution in [0.15, 0.2) is 4.52 Å². The van der Waals surface area contributed by atoms with Crippen LogP contribution in [-0.4, -0.2) is 28.1 Å². The van der Waals surface area contributed by atoms with Crippen molar-refractivity contribution in [1.29, 1.82) is 0 Å². The molecular formula is C9H16N4O. The summed E-state index contributed by atoms with van der Waals surface area (Å²) in [5, 5.41) is 3.87. The predicted molar refractivity (Wildman–Crippen MR) is 51.2 cm³/mol. The summed E-state index contributed by atoms with van der Waals surface area (Å²) in [5.74, 6) is 2.06. The lowest BCUT2D eigenvalue weighted by Crippen LogP contribution is -2.20. The van der Waals surface area contributed by atoms with Gasteiger partial charge in [0.15, 0.2) is 5.82 Å². The first-order valence-electron chi connectivity index (χ1n) is 5.02. The summed E-state index contributed by atoms with van der Waals surface area (Å²) in [6.45, 7) is 5.64. The second-order valence-corrected chi connectivity index (χ2v) is 3.94. The molecule has 0 radical (unpaired) electrons. The molecule has 1 aliphatic heterocycles. The van der Waals surface area contributed by atoms with Crippen LogP contribution >= 0.6 is 0 Å². The minimum absolute atomic E-state index is 0.323. The van der Waals surface area contributed by atoms with Crippen LogP contribution in [0.4, 0.5) is 0 Å². The quantitative estimate of drug-likeness (QED) is 0.756. The third-order valence-corrected chi connectivity index (χ3v) is 2.56. The van der Waals surface area contributed by atoms with Gasteiger partial charge in [0.1, 0.15) is 0 Å².